The fourth-order valence-corrected chi connectivity index (χ4v) is 2.40. The van der Waals surface area contributed by atoms with Gasteiger partial charge in [-0.25, -0.2) is 9.78 Å². The van der Waals surface area contributed by atoms with Crippen LogP contribution in [-0.2, 0) is 0 Å². The molecule has 4 nitrogen and oxygen atoms in total. The largest absolute Gasteiger partial charge is 0.476 e. The van der Waals surface area contributed by atoms with E-state index < -0.39 is 5.97 Å². The Balaban J connectivity index is 2.49. The van der Waals surface area contributed by atoms with E-state index in [0.717, 1.165) is 29.8 Å². The lowest BCUT2D eigenvalue weighted by molar-refractivity contribution is 0.0691. The molecule has 0 aliphatic heterocycles. The zero-order chi connectivity index (χ0) is 11.5. The molecule has 1 aliphatic rings. The van der Waals surface area contributed by atoms with Crippen molar-refractivity contribution < 1.29 is 14.7 Å². The maximum atomic E-state index is 11.0. The van der Waals surface area contributed by atoms with Gasteiger partial charge in [0.05, 0.1) is 4.88 Å². The lowest BCUT2D eigenvalue weighted by Gasteiger charge is -2.04. The lowest BCUT2D eigenvalue weighted by Crippen LogP contribution is -2.01. The number of allylic oxidation sites excluding steroid dienone is 4. The molecule has 0 bridgehead atoms. The highest BCUT2D eigenvalue weighted by Gasteiger charge is 2.19. The zero-order valence-corrected chi connectivity index (χ0v) is 9.16. The van der Waals surface area contributed by atoms with Gasteiger partial charge in [-0.15, -0.1) is 11.3 Å². The summed E-state index contributed by atoms with van der Waals surface area (Å²) in [6.45, 7) is 0. The Hall–Kier alpha value is -1.75. The van der Waals surface area contributed by atoms with Crippen molar-refractivity contribution in [2.45, 2.75) is 12.8 Å². The zero-order valence-electron chi connectivity index (χ0n) is 8.34. The summed E-state index contributed by atoms with van der Waals surface area (Å²) < 4.78 is 0. The average molecular weight is 235 g/mol. The van der Waals surface area contributed by atoms with Gasteiger partial charge >= 0.3 is 5.97 Å². The lowest BCUT2D eigenvalue weighted by atomic mass is 10.0. The first-order valence-electron chi connectivity index (χ1n) is 4.78. The van der Waals surface area contributed by atoms with Crippen LogP contribution in [0.2, 0.25) is 0 Å². The first-order valence-corrected chi connectivity index (χ1v) is 5.60. The van der Waals surface area contributed by atoms with E-state index >= 15 is 0 Å². The Labute approximate surface area is 95.9 Å². The van der Waals surface area contributed by atoms with Crippen LogP contribution in [0.15, 0.2) is 18.2 Å². The number of aldehydes is 1. The quantitative estimate of drug-likeness (QED) is 0.817. The average Bonchev–Trinajstić information content (AvgIpc) is 2.74. The number of carboxylic acid groups (broad SMARTS) is 1. The molecule has 0 unspecified atom stereocenters. The summed E-state index contributed by atoms with van der Waals surface area (Å²) >= 11 is 1.11. The smallest absolute Gasteiger partial charge is 0.356 e. The molecular weight excluding hydrogens is 226 g/mol. The van der Waals surface area contributed by atoms with Crippen LogP contribution >= 0.6 is 11.3 Å². The normalized spacial score (nSPS) is 14.6. The molecule has 5 heteroatoms. The van der Waals surface area contributed by atoms with Crippen molar-refractivity contribution in [3.8, 4) is 0 Å². The van der Waals surface area contributed by atoms with Gasteiger partial charge in [0.2, 0.25) is 0 Å². The third-order valence-corrected chi connectivity index (χ3v) is 3.23. The Morgan fingerprint density at radius 2 is 2.31 bits per heavy atom. The standard InChI is InChI=1S/C11H9NO3S/c13-6-8-12-9(11(14)15)10(16-8)7-4-2-1-3-5-7/h2,4-6H,1,3H2,(H,14,15). The van der Waals surface area contributed by atoms with Crippen LogP contribution in [-0.4, -0.2) is 22.3 Å². The van der Waals surface area contributed by atoms with Gasteiger partial charge in [0.25, 0.3) is 0 Å². The molecule has 0 saturated heterocycles. The maximum absolute atomic E-state index is 11.0. The summed E-state index contributed by atoms with van der Waals surface area (Å²) in [5.74, 6) is -1.10. The number of aromatic nitrogens is 1. The SMILES string of the molecule is O=Cc1nc(C(=O)O)c(C2=CCCC=C2)s1. The number of aromatic carboxylic acids is 1. The molecular formula is C11H9NO3S. The van der Waals surface area contributed by atoms with Crippen LogP contribution in [0.25, 0.3) is 5.57 Å². The fourth-order valence-electron chi connectivity index (χ4n) is 1.51. The first kappa shape index (κ1) is 10.8. The van der Waals surface area contributed by atoms with E-state index in [1.807, 2.05) is 18.2 Å². The van der Waals surface area contributed by atoms with Gasteiger partial charge in [-0.1, -0.05) is 18.2 Å². The summed E-state index contributed by atoms with van der Waals surface area (Å²) in [4.78, 5) is 25.9. The molecule has 0 spiro atoms. The van der Waals surface area contributed by atoms with Gasteiger partial charge in [-0.05, 0) is 18.4 Å². The monoisotopic (exact) mass is 235 g/mol. The number of thiazole rings is 1. The van der Waals surface area contributed by atoms with E-state index in [0.29, 0.717) is 11.2 Å². The third kappa shape index (κ3) is 1.94. The molecule has 1 aromatic heterocycles. The number of hydrogen-bond donors (Lipinski definition) is 1. The Kier molecular flexibility index (Phi) is 2.96. The van der Waals surface area contributed by atoms with E-state index in [4.69, 9.17) is 5.11 Å². The molecule has 82 valence electrons. The highest BCUT2D eigenvalue weighted by atomic mass is 32.1. The fraction of sp³-hybridized carbons (Fsp3) is 0.182. The van der Waals surface area contributed by atoms with Crippen LogP contribution in [0.3, 0.4) is 0 Å². The second kappa shape index (κ2) is 4.40. The highest BCUT2D eigenvalue weighted by molar-refractivity contribution is 7.14. The number of carboxylic acids is 1. The Bertz CT molecular complexity index is 499. The molecule has 0 atom stereocenters. The molecule has 0 fully saturated rings. The van der Waals surface area contributed by atoms with Crippen molar-refractivity contribution >= 4 is 29.2 Å². The predicted octanol–water partition coefficient (Wildman–Crippen LogP) is 2.39. The molecule has 0 aromatic carbocycles. The number of carbonyl (C=O) groups excluding carboxylic acids is 1. The highest BCUT2D eigenvalue weighted by Crippen LogP contribution is 2.29. The van der Waals surface area contributed by atoms with Gasteiger partial charge in [0.15, 0.2) is 17.0 Å². The van der Waals surface area contributed by atoms with Crippen LogP contribution in [0, 0.1) is 0 Å². The second-order valence-corrected chi connectivity index (χ2v) is 4.32. The molecule has 0 saturated carbocycles. The number of carbonyl (C=O) groups is 2. The molecule has 2 rings (SSSR count). The van der Waals surface area contributed by atoms with Crippen molar-refractivity contribution in [2.24, 2.45) is 0 Å². The summed E-state index contributed by atoms with van der Waals surface area (Å²) in [6.07, 6.45) is 8.26. The van der Waals surface area contributed by atoms with Crippen LogP contribution in [0.1, 0.15) is 38.0 Å². The molecule has 1 N–H and O–H groups in total. The molecule has 1 aliphatic carbocycles. The number of nitrogens with zero attached hydrogens (tertiary/aromatic N) is 1. The van der Waals surface area contributed by atoms with E-state index in [1.165, 1.54) is 0 Å². The Morgan fingerprint density at radius 3 is 2.88 bits per heavy atom. The Morgan fingerprint density at radius 1 is 1.50 bits per heavy atom. The van der Waals surface area contributed by atoms with Crippen molar-refractivity contribution in [2.75, 3.05) is 0 Å². The van der Waals surface area contributed by atoms with Gasteiger partial charge < -0.3 is 5.11 Å². The van der Waals surface area contributed by atoms with Crippen molar-refractivity contribution in [3.05, 3.63) is 33.8 Å². The van der Waals surface area contributed by atoms with Crippen molar-refractivity contribution in [1.82, 2.24) is 4.98 Å². The van der Waals surface area contributed by atoms with Crippen molar-refractivity contribution in [1.29, 1.82) is 0 Å². The van der Waals surface area contributed by atoms with Crippen LogP contribution < -0.4 is 0 Å². The van der Waals surface area contributed by atoms with Gasteiger partial charge in [0.1, 0.15) is 0 Å². The van der Waals surface area contributed by atoms with E-state index in [-0.39, 0.29) is 10.7 Å². The predicted molar refractivity (Wildman–Crippen MR) is 60.8 cm³/mol. The van der Waals surface area contributed by atoms with Gasteiger partial charge in [0, 0.05) is 0 Å². The minimum absolute atomic E-state index is 0.0371. The second-order valence-electron chi connectivity index (χ2n) is 3.29. The van der Waals surface area contributed by atoms with Gasteiger partial charge in [-0.2, -0.15) is 0 Å². The maximum Gasteiger partial charge on any atom is 0.356 e. The summed E-state index contributed by atoms with van der Waals surface area (Å²) in [5, 5.41) is 9.18. The molecule has 0 radical (unpaired) electrons. The molecule has 1 heterocycles. The summed E-state index contributed by atoms with van der Waals surface area (Å²) in [5.41, 5.74) is 0.805. The van der Waals surface area contributed by atoms with Crippen LogP contribution in [0.4, 0.5) is 0 Å². The molecule has 16 heavy (non-hydrogen) atoms. The molecule has 0 amide bonds. The minimum atomic E-state index is -1.10. The molecule has 1 aromatic rings. The van der Waals surface area contributed by atoms with E-state index in [2.05, 4.69) is 4.98 Å². The van der Waals surface area contributed by atoms with E-state index in [1.54, 1.807) is 0 Å². The van der Waals surface area contributed by atoms with Crippen molar-refractivity contribution in [3.63, 3.8) is 0 Å². The minimum Gasteiger partial charge on any atom is -0.476 e. The topological polar surface area (TPSA) is 67.3 Å². The third-order valence-electron chi connectivity index (χ3n) is 2.20. The summed E-state index contributed by atoms with van der Waals surface area (Å²) in [6, 6.07) is 0. The van der Waals surface area contributed by atoms with E-state index in [9.17, 15) is 9.59 Å². The summed E-state index contributed by atoms with van der Waals surface area (Å²) in [7, 11) is 0. The van der Waals surface area contributed by atoms with Gasteiger partial charge in [-0.3, -0.25) is 4.79 Å². The number of hydrogen-bond acceptors (Lipinski definition) is 4. The number of rotatable bonds is 3. The van der Waals surface area contributed by atoms with Crippen LogP contribution in [0.5, 0.6) is 0 Å². The first-order chi connectivity index (χ1) is 7.72.